The summed E-state index contributed by atoms with van der Waals surface area (Å²) in [7, 11) is 0. The number of likely N-dealkylation sites (tertiary alicyclic amines) is 1. The van der Waals surface area contributed by atoms with Crippen LogP contribution in [-0.4, -0.2) is 63.1 Å². The predicted molar refractivity (Wildman–Crippen MR) is 104 cm³/mol. The molecule has 9 heteroatoms. The van der Waals surface area contributed by atoms with Gasteiger partial charge in [-0.2, -0.15) is 5.10 Å². The van der Waals surface area contributed by atoms with Crippen molar-refractivity contribution in [2.75, 3.05) is 26.3 Å². The van der Waals surface area contributed by atoms with E-state index in [0.717, 1.165) is 12.0 Å². The van der Waals surface area contributed by atoms with E-state index in [4.69, 9.17) is 21.1 Å². The molecule has 1 saturated carbocycles. The van der Waals surface area contributed by atoms with Crippen molar-refractivity contribution in [3.63, 3.8) is 0 Å². The van der Waals surface area contributed by atoms with E-state index in [-0.39, 0.29) is 18.4 Å². The number of carbonyl (C=O) groups excluding carboxylic acids is 1. The summed E-state index contributed by atoms with van der Waals surface area (Å²) in [5, 5.41) is 15.3. The van der Waals surface area contributed by atoms with E-state index in [1.165, 1.54) is 6.33 Å². The molecule has 8 nitrogen and oxygen atoms in total. The Kier molecular flexibility index (Phi) is 4.83. The molecule has 1 N–H and O–H groups in total. The van der Waals surface area contributed by atoms with E-state index in [0.29, 0.717) is 61.1 Å². The number of rotatable bonds is 3. The fourth-order valence-electron chi connectivity index (χ4n) is 4.80. The van der Waals surface area contributed by atoms with Crippen LogP contribution in [0.1, 0.15) is 24.4 Å². The molecular weight excluding hydrogens is 396 g/mol. The summed E-state index contributed by atoms with van der Waals surface area (Å²) in [4.78, 5) is 18.9. The van der Waals surface area contributed by atoms with Crippen LogP contribution in [0.5, 0.6) is 11.5 Å². The second kappa shape index (κ2) is 7.50. The van der Waals surface area contributed by atoms with Gasteiger partial charge in [0.05, 0.1) is 18.6 Å². The average molecular weight is 419 g/mol. The number of aliphatic hydroxyl groups is 1. The van der Waals surface area contributed by atoms with Crippen LogP contribution in [-0.2, 0) is 11.2 Å². The predicted octanol–water partition coefficient (Wildman–Crippen LogP) is 1.72. The minimum Gasteiger partial charge on any atom is -0.486 e. The van der Waals surface area contributed by atoms with Crippen molar-refractivity contribution in [3.8, 4) is 11.5 Å². The summed E-state index contributed by atoms with van der Waals surface area (Å²) in [5.41, 5.74) is 0.747. The molecule has 2 aliphatic heterocycles. The maximum Gasteiger partial charge on any atom is 0.227 e. The van der Waals surface area contributed by atoms with Crippen molar-refractivity contribution in [2.45, 2.75) is 31.4 Å². The second-order valence-electron chi connectivity index (χ2n) is 8.06. The molecule has 3 aliphatic rings. The lowest BCUT2D eigenvalue weighted by molar-refractivity contribution is -0.129. The average Bonchev–Trinajstić information content (AvgIpc) is 3.37. The minimum atomic E-state index is -0.472. The van der Waals surface area contributed by atoms with Gasteiger partial charge in [0.15, 0.2) is 11.5 Å². The third-order valence-corrected chi connectivity index (χ3v) is 6.64. The van der Waals surface area contributed by atoms with Crippen LogP contribution in [0.25, 0.3) is 0 Å². The first kappa shape index (κ1) is 18.7. The van der Waals surface area contributed by atoms with E-state index >= 15 is 0 Å². The number of benzene rings is 1. The number of ether oxygens (including phenoxy) is 2. The number of aromatic nitrogens is 3. The molecule has 0 unspecified atom stereocenters. The lowest BCUT2D eigenvalue weighted by atomic mass is 9.77. The lowest BCUT2D eigenvalue weighted by Gasteiger charge is -2.34. The Hall–Kier alpha value is -2.32. The van der Waals surface area contributed by atoms with Gasteiger partial charge in [0.2, 0.25) is 5.91 Å². The highest BCUT2D eigenvalue weighted by Crippen LogP contribution is 2.41. The first-order valence-corrected chi connectivity index (χ1v) is 10.3. The molecule has 1 aliphatic carbocycles. The lowest BCUT2D eigenvalue weighted by Crippen LogP contribution is -2.36. The standard InChI is InChI=1S/C20H23ClN4O4/c21-15-7-19-18(28-1-2-29-19)5-12(15)6-20(27)24-8-13-3-16(25-11-22-10-23-25)17(26)4-14(13)9-24/h5,7,10-11,13-14,16-17,26H,1-4,6,8-9H2/t13-,14+,16-,17-/m1/s1. The van der Waals surface area contributed by atoms with E-state index in [9.17, 15) is 9.90 Å². The van der Waals surface area contributed by atoms with Crippen molar-refractivity contribution in [1.29, 1.82) is 0 Å². The zero-order valence-electron chi connectivity index (χ0n) is 15.9. The third-order valence-electron chi connectivity index (χ3n) is 6.29. The molecule has 0 bridgehead atoms. The number of hydrogen-bond donors (Lipinski definition) is 1. The third kappa shape index (κ3) is 3.55. The van der Waals surface area contributed by atoms with Gasteiger partial charge in [0.25, 0.3) is 0 Å². The number of aliphatic hydroxyl groups excluding tert-OH is 1. The number of amides is 1. The molecule has 1 aromatic heterocycles. The first-order chi connectivity index (χ1) is 14.1. The van der Waals surface area contributed by atoms with Crippen molar-refractivity contribution < 1.29 is 19.4 Å². The zero-order valence-corrected chi connectivity index (χ0v) is 16.7. The van der Waals surface area contributed by atoms with Crippen molar-refractivity contribution in [3.05, 3.63) is 35.4 Å². The molecule has 1 saturated heterocycles. The molecule has 2 fully saturated rings. The summed E-state index contributed by atoms with van der Waals surface area (Å²) >= 11 is 6.37. The van der Waals surface area contributed by atoms with E-state index in [1.54, 1.807) is 17.1 Å². The van der Waals surface area contributed by atoms with Crippen LogP contribution in [0, 0.1) is 11.8 Å². The molecule has 29 heavy (non-hydrogen) atoms. The van der Waals surface area contributed by atoms with Crippen LogP contribution >= 0.6 is 11.6 Å². The van der Waals surface area contributed by atoms with Gasteiger partial charge in [-0.05, 0) is 36.3 Å². The molecule has 1 aromatic carbocycles. The zero-order chi connectivity index (χ0) is 20.0. The molecule has 4 atom stereocenters. The van der Waals surface area contributed by atoms with Gasteiger partial charge in [-0.15, -0.1) is 0 Å². The molecule has 1 amide bonds. The summed E-state index contributed by atoms with van der Waals surface area (Å²) in [6.45, 7) is 2.36. The number of hydrogen-bond acceptors (Lipinski definition) is 6. The maximum atomic E-state index is 13.0. The Morgan fingerprint density at radius 2 is 1.90 bits per heavy atom. The van der Waals surface area contributed by atoms with E-state index < -0.39 is 6.10 Å². The second-order valence-corrected chi connectivity index (χ2v) is 8.47. The quantitative estimate of drug-likeness (QED) is 0.816. The minimum absolute atomic E-state index is 0.0461. The Morgan fingerprint density at radius 1 is 1.17 bits per heavy atom. The monoisotopic (exact) mass is 418 g/mol. The van der Waals surface area contributed by atoms with Crippen LogP contribution in [0.4, 0.5) is 0 Å². The van der Waals surface area contributed by atoms with Gasteiger partial charge in [0, 0.05) is 24.2 Å². The Bertz CT molecular complexity index is 906. The maximum absolute atomic E-state index is 13.0. The highest BCUT2D eigenvalue weighted by atomic mass is 35.5. The molecule has 0 radical (unpaired) electrons. The van der Waals surface area contributed by atoms with Gasteiger partial charge in [-0.3, -0.25) is 4.79 Å². The van der Waals surface area contributed by atoms with Crippen molar-refractivity contribution in [2.24, 2.45) is 11.8 Å². The van der Waals surface area contributed by atoms with Crippen LogP contribution in [0.3, 0.4) is 0 Å². The van der Waals surface area contributed by atoms with Crippen LogP contribution in [0.15, 0.2) is 24.8 Å². The van der Waals surface area contributed by atoms with Gasteiger partial charge in [-0.25, -0.2) is 9.67 Å². The van der Waals surface area contributed by atoms with Crippen molar-refractivity contribution in [1.82, 2.24) is 19.7 Å². The van der Waals surface area contributed by atoms with Gasteiger partial charge in [-0.1, -0.05) is 11.6 Å². The Morgan fingerprint density at radius 3 is 2.62 bits per heavy atom. The molecular formula is C20H23ClN4O4. The molecule has 3 heterocycles. The summed E-state index contributed by atoms with van der Waals surface area (Å²) < 4.78 is 12.9. The molecule has 5 rings (SSSR count). The van der Waals surface area contributed by atoms with E-state index in [1.807, 2.05) is 11.0 Å². The fourth-order valence-corrected chi connectivity index (χ4v) is 5.02. The van der Waals surface area contributed by atoms with Gasteiger partial charge >= 0.3 is 0 Å². The van der Waals surface area contributed by atoms with Crippen LogP contribution in [0.2, 0.25) is 5.02 Å². The number of nitrogens with zero attached hydrogens (tertiary/aromatic N) is 4. The fraction of sp³-hybridized carbons (Fsp3) is 0.550. The summed E-state index contributed by atoms with van der Waals surface area (Å²) in [6.07, 6.45) is 4.36. The van der Waals surface area contributed by atoms with Crippen molar-refractivity contribution >= 4 is 17.5 Å². The molecule has 0 spiro atoms. The summed E-state index contributed by atoms with van der Waals surface area (Å²) in [6, 6.07) is 3.45. The highest BCUT2D eigenvalue weighted by molar-refractivity contribution is 6.31. The molecule has 154 valence electrons. The van der Waals surface area contributed by atoms with Gasteiger partial charge < -0.3 is 19.5 Å². The highest BCUT2D eigenvalue weighted by Gasteiger charge is 2.43. The number of fused-ring (bicyclic) bond motifs is 2. The molecule has 2 aromatic rings. The van der Waals surface area contributed by atoms with Gasteiger partial charge in [0.1, 0.15) is 25.9 Å². The van der Waals surface area contributed by atoms with Crippen LogP contribution < -0.4 is 9.47 Å². The topological polar surface area (TPSA) is 89.7 Å². The van der Waals surface area contributed by atoms with E-state index in [2.05, 4.69) is 10.1 Å². The Balaban J connectivity index is 1.26. The smallest absolute Gasteiger partial charge is 0.227 e. The number of halogens is 1. The first-order valence-electron chi connectivity index (χ1n) is 9.96. The summed E-state index contributed by atoms with van der Waals surface area (Å²) in [5.74, 6) is 1.97. The number of carbonyl (C=O) groups is 1. The normalized spacial score (nSPS) is 28.3. The Labute approximate surface area is 173 Å². The largest absolute Gasteiger partial charge is 0.486 e. The SMILES string of the molecule is O=C(Cc1cc2c(cc1Cl)OCCO2)N1C[C@H]2C[C@@H](n3cncn3)[C@H](O)C[C@H]2C1.